The zero-order chi connectivity index (χ0) is 13.1. The highest BCUT2D eigenvalue weighted by atomic mass is 28.4. The van der Waals surface area contributed by atoms with Crippen LogP contribution in [0.15, 0.2) is 35.5 Å². The lowest BCUT2D eigenvalue weighted by molar-refractivity contribution is 0.268. The summed E-state index contributed by atoms with van der Waals surface area (Å²) in [5.74, 6) is 0. The summed E-state index contributed by atoms with van der Waals surface area (Å²) in [5.41, 5.74) is 0.722. The number of oxime groups is 1. The number of halogens is 1. The smallest absolute Gasteiger partial charge is 0.412 e. The largest absolute Gasteiger partial charge is 0.503 e. The van der Waals surface area contributed by atoms with Crippen LogP contribution >= 0.6 is 0 Å². The fourth-order valence-corrected chi connectivity index (χ4v) is 3.60. The van der Waals surface area contributed by atoms with Crippen LogP contribution in [0.2, 0.25) is 5.04 Å². The third kappa shape index (κ3) is 3.16. The van der Waals surface area contributed by atoms with Crippen molar-refractivity contribution in [2.75, 3.05) is 0 Å². The van der Waals surface area contributed by atoms with Gasteiger partial charge in [0, 0.05) is 15.9 Å². The summed E-state index contributed by atoms with van der Waals surface area (Å²) in [6.07, 6.45) is 0. The maximum atomic E-state index is 15.2. The van der Waals surface area contributed by atoms with Gasteiger partial charge in [0.05, 0.1) is 0 Å². The molecule has 0 fully saturated rings. The number of rotatable bonds is 3. The van der Waals surface area contributed by atoms with Gasteiger partial charge < -0.3 is 4.53 Å². The Morgan fingerprint density at radius 3 is 2.12 bits per heavy atom. The van der Waals surface area contributed by atoms with Crippen LogP contribution in [-0.2, 0) is 4.53 Å². The predicted molar refractivity (Wildman–Crippen MR) is 72.5 cm³/mol. The van der Waals surface area contributed by atoms with Crippen molar-refractivity contribution in [1.82, 2.24) is 0 Å². The van der Waals surface area contributed by atoms with Gasteiger partial charge in [-0.3, -0.25) is 4.11 Å². The third-order valence-electron chi connectivity index (χ3n) is 2.46. The summed E-state index contributed by atoms with van der Waals surface area (Å²) in [5, 5.41) is 3.90. The van der Waals surface area contributed by atoms with Gasteiger partial charge in [-0.15, -0.1) is 5.16 Å². The maximum Gasteiger partial charge on any atom is 0.503 e. The molecule has 1 unspecified atom stereocenters. The lowest BCUT2D eigenvalue weighted by Gasteiger charge is -2.32. The van der Waals surface area contributed by atoms with Crippen molar-refractivity contribution in [2.45, 2.75) is 39.7 Å². The van der Waals surface area contributed by atoms with Crippen molar-refractivity contribution >= 4 is 19.5 Å². The second-order valence-corrected chi connectivity index (χ2v) is 8.79. The molecule has 0 spiro atoms. The fourth-order valence-electron chi connectivity index (χ4n) is 1.43. The molecule has 17 heavy (non-hydrogen) atoms. The summed E-state index contributed by atoms with van der Waals surface area (Å²) >= 11 is 0. The molecule has 4 heteroatoms. The minimum atomic E-state index is -3.58. The highest BCUT2D eigenvalue weighted by Crippen LogP contribution is 2.37. The monoisotopic (exact) mass is 253 g/mol. The summed E-state index contributed by atoms with van der Waals surface area (Å²) in [6, 6.07) is 9.08. The van der Waals surface area contributed by atoms with E-state index in [1.807, 2.05) is 39.0 Å². The molecule has 0 saturated carbocycles. The first-order valence-electron chi connectivity index (χ1n) is 5.71. The number of hydrogen-bond donors (Lipinski definition) is 0. The van der Waals surface area contributed by atoms with E-state index in [2.05, 4.69) is 5.16 Å². The molecule has 2 nitrogen and oxygen atoms in total. The Hall–Kier alpha value is -1.16. The third-order valence-corrected chi connectivity index (χ3v) is 5.81. The quantitative estimate of drug-likeness (QED) is 0.349. The molecule has 0 radical (unpaired) electrons. The van der Waals surface area contributed by atoms with Crippen LogP contribution in [0.25, 0.3) is 0 Å². The van der Waals surface area contributed by atoms with Gasteiger partial charge in [-0.1, -0.05) is 51.1 Å². The minimum absolute atomic E-state index is 0.562. The molecule has 0 aliphatic rings. The predicted octanol–water partition coefficient (Wildman–Crippen LogP) is 3.52. The standard InChI is InChI=1S/C13H20FNOSi/c1-11(2)15-16-17(14,13(3,4)5)12-9-7-6-8-10-12/h6-10H,1-5H3. The van der Waals surface area contributed by atoms with Gasteiger partial charge in [-0.25, -0.2) is 0 Å². The lowest BCUT2D eigenvalue weighted by Crippen LogP contribution is -2.53. The van der Waals surface area contributed by atoms with Crippen LogP contribution in [0.4, 0.5) is 4.11 Å². The average molecular weight is 253 g/mol. The van der Waals surface area contributed by atoms with E-state index in [1.54, 1.807) is 26.0 Å². The molecule has 1 atom stereocenters. The van der Waals surface area contributed by atoms with Crippen LogP contribution in [0.5, 0.6) is 0 Å². The Balaban J connectivity index is 3.17. The van der Waals surface area contributed by atoms with Crippen molar-refractivity contribution in [3.05, 3.63) is 30.3 Å². The molecule has 0 amide bonds. The van der Waals surface area contributed by atoms with E-state index in [-0.39, 0.29) is 0 Å². The van der Waals surface area contributed by atoms with Crippen molar-refractivity contribution in [3.8, 4) is 0 Å². The van der Waals surface area contributed by atoms with E-state index in [1.165, 1.54) is 0 Å². The highest BCUT2D eigenvalue weighted by molar-refractivity contribution is 6.83. The van der Waals surface area contributed by atoms with Crippen LogP contribution in [0.3, 0.4) is 0 Å². The number of nitrogens with zero attached hydrogens (tertiary/aromatic N) is 1. The van der Waals surface area contributed by atoms with Crippen LogP contribution < -0.4 is 5.19 Å². The number of hydrogen-bond acceptors (Lipinski definition) is 2. The molecular weight excluding hydrogens is 233 g/mol. The first kappa shape index (κ1) is 13.9. The van der Waals surface area contributed by atoms with Gasteiger partial charge in [0.2, 0.25) is 0 Å². The molecule has 1 rings (SSSR count). The van der Waals surface area contributed by atoms with Crippen molar-refractivity contribution < 1.29 is 8.63 Å². The van der Waals surface area contributed by atoms with Gasteiger partial charge >= 0.3 is 8.65 Å². The molecular formula is C13H20FNOSi. The van der Waals surface area contributed by atoms with Crippen molar-refractivity contribution in [3.63, 3.8) is 0 Å². The molecule has 0 aliphatic heterocycles. The molecule has 0 bridgehead atoms. The highest BCUT2D eigenvalue weighted by Gasteiger charge is 2.53. The van der Waals surface area contributed by atoms with Crippen LogP contribution in [-0.4, -0.2) is 14.4 Å². The minimum Gasteiger partial charge on any atom is -0.412 e. The van der Waals surface area contributed by atoms with Gasteiger partial charge in [-0.2, -0.15) is 0 Å². The Morgan fingerprint density at radius 1 is 1.18 bits per heavy atom. The van der Waals surface area contributed by atoms with Crippen LogP contribution in [0.1, 0.15) is 34.6 Å². The van der Waals surface area contributed by atoms with E-state index in [0.29, 0.717) is 5.19 Å². The topological polar surface area (TPSA) is 21.6 Å². The lowest BCUT2D eigenvalue weighted by atomic mass is 10.2. The summed E-state index contributed by atoms with van der Waals surface area (Å²) in [6.45, 7) is 9.15. The van der Waals surface area contributed by atoms with Crippen molar-refractivity contribution in [2.24, 2.45) is 5.16 Å². The molecule has 1 aromatic carbocycles. The molecule has 0 aliphatic carbocycles. The van der Waals surface area contributed by atoms with Crippen LogP contribution in [0, 0.1) is 0 Å². The van der Waals surface area contributed by atoms with Gasteiger partial charge in [0.15, 0.2) is 0 Å². The van der Waals surface area contributed by atoms with E-state index >= 15 is 4.11 Å². The van der Waals surface area contributed by atoms with E-state index in [9.17, 15) is 0 Å². The summed E-state index contributed by atoms with van der Waals surface area (Å²) in [7, 11) is -3.58. The fraction of sp³-hybridized carbons (Fsp3) is 0.462. The molecule has 0 N–H and O–H groups in total. The van der Waals surface area contributed by atoms with Gasteiger partial charge in [0.25, 0.3) is 0 Å². The van der Waals surface area contributed by atoms with E-state index in [0.717, 1.165) is 5.71 Å². The SMILES string of the molecule is CC(C)=NO[Si](F)(c1ccccc1)C(C)(C)C. The van der Waals surface area contributed by atoms with E-state index in [4.69, 9.17) is 4.53 Å². The van der Waals surface area contributed by atoms with E-state index < -0.39 is 13.7 Å². The normalized spacial score (nSPS) is 14.9. The second-order valence-electron chi connectivity index (χ2n) is 5.34. The molecule has 0 aromatic heterocycles. The Labute approximate surface area is 104 Å². The Bertz CT molecular complexity index is 396. The zero-order valence-corrected chi connectivity index (χ0v) is 12.1. The number of benzene rings is 1. The van der Waals surface area contributed by atoms with Gasteiger partial charge in [0.1, 0.15) is 0 Å². The zero-order valence-electron chi connectivity index (χ0n) is 11.1. The van der Waals surface area contributed by atoms with Gasteiger partial charge in [-0.05, 0) is 13.8 Å². The Morgan fingerprint density at radius 2 is 1.71 bits per heavy atom. The molecule has 0 saturated heterocycles. The maximum absolute atomic E-state index is 15.2. The second kappa shape index (κ2) is 5.00. The van der Waals surface area contributed by atoms with Crippen molar-refractivity contribution in [1.29, 1.82) is 0 Å². The average Bonchev–Trinajstić information content (AvgIpc) is 2.25. The first-order valence-corrected chi connectivity index (χ1v) is 7.50. The molecule has 1 aromatic rings. The molecule has 94 valence electrons. The Kier molecular flexibility index (Phi) is 4.09. The summed E-state index contributed by atoms with van der Waals surface area (Å²) in [4.78, 5) is 0. The summed E-state index contributed by atoms with van der Waals surface area (Å²) < 4.78 is 20.5. The first-order chi connectivity index (χ1) is 7.77. The molecule has 0 heterocycles.